The number of nitrogens with one attached hydrogen (secondary N) is 1. The SMILES string of the molecule is COCCN(C)CC(=O)N(C)c1ccc(N=C(c2ccccc2)C2C(=O)Nc3ccccc32)cc1. The Morgan fingerprint density at radius 3 is 2.37 bits per heavy atom. The van der Waals surface area contributed by atoms with Gasteiger partial charge in [0, 0.05) is 32.1 Å². The summed E-state index contributed by atoms with van der Waals surface area (Å²) in [5.41, 5.74) is 4.80. The molecule has 3 aromatic rings. The van der Waals surface area contributed by atoms with Gasteiger partial charge in [-0.3, -0.25) is 19.5 Å². The van der Waals surface area contributed by atoms with E-state index in [1.807, 2.05) is 90.8 Å². The fourth-order valence-electron chi connectivity index (χ4n) is 4.08. The van der Waals surface area contributed by atoms with Crippen molar-refractivity contribution < 1.29 is 14.3 Å². The minimum Gasteiger partial charge on any atom is -0.383 e. The molecule has 0 aromatic heterocycles. The molecule has 0 fully saturated rings. The third kappa shape index (κ3) is 5.65. The summed E-state index contributed by atoms with van der Waals surface area (Å²) < 4.78 is 5.07. The third-order valence-electron chi connectivity index (χ3n) is 6.08. The zero-order valence-electron chi connectivity index (χ0n) is 20.3. The molecule has 0 saturated heterocycles. The Labute approximate surface area is 206 Å². The van der Waals surface area contributed by atoms with Gasteiger partial charge in [0.25, 0.3) is 0 Å². The van der Waals surface area contributed by atoms with Crippen LogP contribution in [0.3, 0.4) is 0 Å². The summed E-state index contributed by atoms with van der Waals surface area (Å²) in [4.78, 5) is 34.1. The second-order valence-electron chi connectivity index (χ2n) is 8.57. The lowest BCUT2D eigenvalue weighted by atomic mass is 9.90. The summed E-state index contributed by atoms with van der Waals surface area (Å²) in [7, 11) is 5.30. The average molecular weight is 471 g/mol. The second kappa shape index (κ2) is 11.1. The number of anilines is 2. The summed E-state index contributed by atoms with van der Waals surface area (Å²) in [5, 5.41) is 2.97. The van der Waals surface area contributed by atoms with Crippen LogP contribution in [0.5, 0.6) is 0 Å². The predicted molar refractivity (Wildman–Crippen MR) is 140 cm³/mol. The number of ether oxygens (including phenoxy) is 1. The molecule has 1 N–H and O–H groups in total. The van der Waals surface area contributed by atoms with Gasteiger partial charge >= 0.3 is 0 Å². The summed E-state index contributed by atoms with van der Waals surface area (Å²) >= 11 is 0. The van der Waals surface area contributed by atoms with Crippen molar-refractivity contribution in [3.63, 3.8) is 0 Å². The molecular weight excluding hydrogens is 440 g/mol. The quantitative estimate of drug-likeness (QED) is 0.478. The number of likely N-dealkylation sites (N-methyl/N-ethyl adjacent to an activating group) is 2. The van der Waals surface area contributed by atoms with Crippen molar-refractivity contribution in [2.24, 2.45) is 4.99 Å². The van der Waals surface area contributed by atoms with Gasteiger partial charge in [-0.15, -0.1) is 0 Å². The maximum absolute atomic E-state index is 13.0. The molecule has 7 nitrogen and oxygen atoms in total. The van der Waals surface area contributed by atoms with Crippen LogP contribution in [-0.4, -0.2) is 63.3 Å². The Kier molecular flexibility index (Phi) is 7.70. The minimum atomic E-state index is -0.500. The van der Waals surface area contributed by atoms with Gasteiger partial charge in [0.2, 0.25) is 11.8 Å². The van der Waals surface area contributed by atoms with Gasteiger partial charge in [-0.2, -0.15) is 0 Å². The highest BCUT2D eigenvalue weighted by atomic mass is 16.5. The smallest absolute Gasteiger partial charge is 0.240 e. The molecule has 2 amide bonds. The maximum atomic E-state index is 13.0. The first kappa shape index (κ1) is 24.3. The van der Waals surface area contributed by atoms with Crippen LogP contribution in [0.25, 0.3) is 0 Å². The van der Waals surface area contributed by atoms with Crippen molar-refractivity contribution in [2.75, 3.05) is 51.1 Å². The predicted octanol–water partition coefficient (Wildman–Crippen LogP) is 4.08. The first-order valence-electron chi connectivity index (χ1n) is 11.6. The van der Waals surface area contributed by atoms with E-state index < -0.39 is 5.92 Å². The van der Waals surface area contributed by atoms with Gasteiger partial charge < -0.3 is 15.0 Å². The van der Waals surface area contributed by atoms with Crippen molar-refractivity contribution in [3.8, 4) is 0 Å². The van der Waals surface area contributed by atoms with Crippen molar-refractivity contribution >= 4 is 34.6 Å². The molecule has 0 aliphatic carbocycles. The van der Waals surface area contributed by atoms with Crippen LogP contribution in [-0.2, 0) is 14.3 Å². The first-order chi connectivity index (χ1) is 17.0. The average Bonchev–Trinajstić information content (AvgIpc) is 3.22. The first-order valence-corrected chi connectivity index (χ1v) is 11.6. The van der Waals surface area contributed by atoms with E-state index in [1.54, 1.807) is 19.1 Å². The number of fused-ring (bicyclic) bond motifs is 1. The van der Waals surface area contributed by atoms with Gasteiger partial charge in [-0.1, -0.05) is 48.5 Å². The lowest BCUT2D eigenvalue weighted by Crippen LogP contribution is -2.37. The van der Waals surface area contributed by atoms with Gasteiger partial charge in [0.15, 0.2) is 0 Å². The molecule has 1 aliphatic rings. The largest absolute Gasteiger partial charge is 0.383 e. The third-order valence-corrected chi connectivity index (χ3v) is 6.08. The van der Waals surface area contributed by atoms with Gasteiger partial charge in [0.05, 0.1) is 24.6 Å². The van der Waals surface area contributed by atoms with Crippen molar-refractivity contribution in [1.29, 1.82) is 0 Å². The lowest BCUT2D eigenvalue weighted by Gasteiger charge is -2.22. The van der Waals surface area contributed by atoms with Crippen LogP contribution in [0.4, 0.5) is 17.1 Å². The van der Waals surface area contributed by atoms with Gasteiger partial charge in [-0.25, -0.2) is 0 Å². The Morgan fingerprint density at radius 2 is 1.66 bits per heavy atom. The molecule has 1 heterocycles. The van der Waals surface area contributed by atoms with Gasteiger partial charge in [0.1, 0.15) is 5.92 Å². The van der Waals surface area contributed by atoms with E-state index in [0.29, 0.717) is 31.1 Å². The number of para-hydroxylation sites is 1. The molecule has 180 valence electrons. The molecule has 1 unspecified atom stereocenters. The highest BCUT2D eigenvalue weighted by Crippen LogP contribution is 2.36. The minimum absolute atomic E-state index is 0.0101. The number of rotatable bonds is 9. The number of hydrogen-bond donors (Lipinski definition) is 1. The molecule has 1 atom stereocenters. The molecule has 3 aromatic carbocycles. The zero-order chi connectivity index (χ0) is 24.8. The van der Waals surface area contributed by atoms with Crippen molar-refractivity contribution in [1.82, 2.24) is 4.90 Å². The molecule has 0 radical (unpaired) electrons. The van der Waals surface area contributed by atoms with E-state index in [2.05, 4.69) is 5.32 Å². The molecule has 35 heavy (non-hydrogen) atoms. The summed E-state index contributed by atoms with van der Waals surface area (Å²) in [6, 6.07) is 25.0. The van der Waals surface area contributed by atoms with E-state index in [0.717, 1.165) is 22.5 Å². The van der Waals surface area contributed by atoms with E-state index in [9.17, 15) is 9.59 Å². The lowest BCUT2D eigenvalue weighted by molar-refractivity contribution is -0.119. The number of nitrogens with zero attached hydrogens (tertiary/aromatic N) is 3. The number of methoxy groups -OCH3 is 1. The molecule has 4 rings (SSSR count). The number of amides is 2. The number of aliphatic imine (C=N–C) groups is 1. The Hall–Kier alpha value is -3.81. The Morgan fingerprint density at radius 1 is 0.971 bits per heavy atom. The van der Waals surface area contributed by atoms with Crippen LogP contribution in [0.15, 0.2) is 83.9 Å². The fourth-order valence-corrected chi connectivity index (χ4v) is 4.08. The van der Waals surface area contributed by atoms with E-state index in [-0.39, 0.29) is 11.8 Å². The molecular formula is C28H30N4O3. The van der Waals surface area contributed by atoms with Crippen LogP contribution in [0.2, 0.25) is 0 Å². The number of carbonyl (C=O) groups is 2. The van der Waals surface area contributed by atoms with Crippen LogP contribution < -0.4 is 10.2 Å². The van der Waals surface area contributed by atoms with E-state index >= 15 is 0 Å². The standard InChI is InChI=1S/C28H30N4O3/c1-31(17-18-35-3)19-25(33)32(2)22-15-13-21(14-16-22)29-27(20-9-5-4-6-10-20)26-23-11-7-8-12-24(23)30-28(26)34/h4-16,26H,17-19H2,1-3H3,(H,30,34). The monoisotopic (exact) mass is 470 g/mol. The second-order valence-corrected chi connectivity index (χ2v) is 8.57. The number of benzene rings is 3. The summed E-state index contributed by atoms with van der Waals surface area (Å²) in [6.07, 6.45) is 0. The normalized spacial score (nSPS) is 15.1. The molecule has 0 saturated carbocycles. The van der Waals surface area contributed by atoms with E-state index in [4.69, 9.17) is 9.73 Å². The highest BCUT2D eigenvalue weighted by molar-refractivity contribution is 6.24. The fraction of sp³-hybridized carbons (Fsp3) is 0.250. The number of carbonyl (C=O) groups excluding carboxylic acids is 2. The van der Waals surface area contributed by atoms with Crippen molar-refractivity contribution in [2.45, 2.75) is 5.92 Å². The Bertz CT molecular complexity index is 1210. The molecule has 0 bridgehead atoms. The Balaban J connectivity index is 1.60. The van der Waals surface area contributed by atoms with Crippen molar-refractivity contribution in [3.05, 3.63) is 90.0 Å². The van der Waals surface area contributed by atoms with E-state index in [1.165, 1.54) is 0 Å². The molecule has 1 aliphatic heterocycles. The highest BCUT2D eigenvalue weighted by Gasteiger charge is 2.35. The van der Waals surface area contributed by atoms with Crippen LogP contribution in [0, 0.1) is 0 Å². The maximum Gasteiger partial charge on any atom is 0.240 e. The van der Waals surface area contributed by atoms with Gasteiger partial charge in [-0.05, 0) is 48.5 Å². The number of hydrogen-bond acceptors (Lipinski definition) is 5. The molecule has 7 heteroatoms. The van der Waals surface area contributed by atoms with Crippen LogP contribution in [0.1, 0.15) is 17.0 Å². The summed E-state index contributed by atoms with van der Waals surface area (Å²) in [5.74, 6) is -0.599. The zero-order valence-corrected chi connectivity index (χ0v) is 20.3. The summed E-state index contributed by atoms with van der Waals surface area (Å²) in [6.45, 7) is 1.56. The topological polar surface area (TPSA) is 74.2 Å². The molecule has 0 spiro atoms. The van der Waals surface area contributed by atoms with Crippen LogP contribution >= 0.6 is 0 Å².